The molecule has 80 valence electrons. The molecule has 0 bridgehead atoms. The van der Waals surface area contributed by atoms with Gasteiger partial charge >= 0.3 is 0 Å². The molecular formula is C14H8N2O. The van der Waals surface area contributed by atoms with Crippen molar-refractivity contribution < 1.29 is 4.42 Å². The second-order valence-corrected chi connectivity index (χ2v) is 4.05. The molecule has 0 amide bonds. The van der Waals surface area contributed by atoms with Crippen molar-refractivity contribution in [2.24, 2.45) is 0 Å². The minimum Gasteiger partial charge on any atom is -0.454 e. The first-order chi connectivity index (χ1) is 8.42. The molecule has 0 fully saturated rings. The van der Waals surface area contributed by atoms with Crippen LogP contribution in [0.2, 0.25) is 0 Å². The lowest BCUT2D eigenvalue weighted by Crippen LogP contribution is -1.75. The average molecular weight is 220 g/mol. The van der Waals surface area contributed by atoms with Gasteiger partial charge < -0.3 is 4.42 Å². The van der Waals surface area contributed by atoms with Crippen LogP contribution < -0.4 is 0 Å². The van der Waals surface area contributed by atoms with Gasteiger partial charge in [-0.15, -0.1) is 0 Å². The Labute approximate surface area is 96.7 Å². The molecule has 3 nitrogen and oxygen atoms in total. The van der Waals surface area contributed by atoms with E-state index in [1.165, 1.54) is 0 Å². The first kappa shape index (κ1) is 8.70. The lowest BCUT2D eigenvalue weighted by molar-refractivity contribution is 0.667. The van der Waals surface area contributed by atoms with Gasteiger partial charge in [0.05, 0.1) is 6.20 Å². The van der Waals surface area contributed by atoms with E-state index in [2.05, 4.69) is 16.0 Å². The molecule has 0 spiro atoms. The fraction of sp³-hybridized carbons (Fsp3) is 0. The third-order valence-electron chi connectivity index (χ3n) is 3.03. The van der Waals surface area contributed by atoms with E-state index in [9.17, 15) is 0 Å². The van der Waals surface area contributed by atoms with Crippen molar-refractivity contribution in [3.05, 3.63) is 49.1 Å². The number of furan rings is 1. The van der Waals surface area contributed by atoms with Crippen LogP contribution in [0.1, 0.15) is 0 Å². The summed E-state index contributed by atoms with van der Waals surface area (Å²) in [7, 11) is 0. The maximum atomic E-state index is 5.78. The van der Waals surface area contributed by atoms with Gasteiger partial charge in [0.1, 0.15) is 5.58 Å². The topological polar surface area (TPSA) is 38.9 Å². The second-order valence-electron chi connectivity index (χ2n) is 4.05. The quantitative estimate of drug-likeness (QED) is 0.455. The lowest BCUT2D eigenvalue weighted by Gasteiger charge is -1.95. The smallest absolute Gasteiger partial charge is 0.153 e. The third-order valence-corrected chi connectivity index (χ3v) is 3.03. The van der Waals surface area contributed by atoms with E-state index in [1.54, 1.807) is 18.6 Å². The number of benzene rings is 1. The molecule has 0 saturated heterocycles. The second kappa shape index (κ2) is 3.04. The summed E-state index contributed by atoms with van der Waals surface area (Å²) in [6.45, 7) is 0. The molecule has 0 unspecified atom stereocenters. The predicted octanol–water partition coefficient (Wildman–Crippen LogP) is 3.53. The van der Waals surface area contributed by atoms with E-state index < -0.39 is 0 Å². The molecule has 0 saturated carbocycles. The van der Waals surface area contributed by atoms with Crippen LogP contribution in [0.4, 0.5) is 0 Å². The fourth-order valence-electron chi connectivity index (χ4n) is 2.21. The Bertz CT molecular complexity index is 842. The van der Waals surface area contributed by atoms with Gasteiger partial charge in [-0.25, -0.2) is 0 Å². The number of hydrogen-bond donors (Lipinski definition) is 0. The molecule has 17 heavy (non-hydrogen) atoms. The monoisotopic (exact) mass is 220 g/mol. The maximum absolute atomic E-state index is 5.78. The summed E-state index contributed by atoms with van der Waals surface area (Å²) >= 11 is 0. The number of fused-ring (bicyclic) bond motifs is 4. The van der Waals surface area contributed by atoms with Crippen molar-refractivity contribution in [1.29, 1.82) is 0 Å². The largest absolute Gasteiger partial charge is 0.454 e. The SMILES string of the molecule is c1cc2cc3oc4cnccc4c3cc2cn1. The highest BCUT2D eigenvalue weighted by Crippen LogP contribution is 2.30. The van der Waals surface area contributed by atoms with Gasteiger partial charge in [-0.1, -0.05) is 0 Å². The lowest BCUT2D eigenvalue weighted by atomic mass is 10.1. The normalized spacial score (nSPS) is 11.5. The van der Waals surface area contributed by atoms with Crippen LogP contribution in [0.3, 0.4) is 0 Å². The molecule has 4 rings (SSSR count). The van der Waals surface area contributed by atoms with Gasteiger partial charge in [0.15, 0.2) is 5.58 Å². The van der Waals surface area contributed by atoms with Gasteiger partial charge in [0.2, 0.25) is 0 Å². The van der Waals surface area contributed by atoms with Crippen LogP contribution in [-0.4, -0.2) is 9.97 Å². The zero-order valence-corrected chi connectivity index (χ0v) is 8.92. The van der Waals surface area contributed by atoms with Crippen LogP contribution >= 0.6 is 0 Å². The highest BCUT2D eigenvalue weighted by atomic mass is 16.3. The highest BCUT2D eigenvalue weighted by molar-refractivity contribution is 6.09. The minimum absolute atomic E-state index is 0.825. The van der Waals surface area contributed by atoms with E-state index in [0.717, 1.165) is 32.7 Å². The summed E-state index contributed by atoms with van der Waals surface area (Å²) in [5.74, 6) is 0. The first-order valence-electron chi connectivity index (χ1n) is 5.42. The van der Waals surface area contributed by atoms with Crippen LogP contribution in [0.5, 0.6) is 0 Å². The fourth-order valence-corrected chi connectivity index (χ4v) is 2.21. The Kier molecular flexibility index (Phi) is 1.56. The zero-order chi connectivity index (χ0) is 11.2. The van der Waals surface area contributed by atoms with Crippen LogP contribution in [-0.2, 0) is 0 Å². The molecular weight excluding hydrogens is 212 g/mol. The summed E-state index contributed by atoms with van der Waals surface area (Å²) in [5, 5.41) is 4.47. The van der Waals surface area contributed by atoms with E-state index in [-0.39, 0.29) is 0 Å². The molecule has 4 aromatic rings. The van der Waals surface area contributed by atoms with Crippen molar-refractivity contribution in [1.82, 2.24) is 9.97 Å². The van der Waals surface area contributed by atoms with Gasteiger partial charge in [0, 0.05) is 34.7 Å². The van der Waals surface area contributed by atoms with Gasteiger partial charge in [-0.2, -0.15) is 0 Å². The van der Waals surface area contributed by atoms with Crippen LogP contribution in [0.25, 0.3) is 32.7 Å². The summed E-state index contributed by atoms with van der Waals surface area (Å²) in [4.78, 5) is 8.21. The molecule has 0 N–H and O–H groups in total. The van der Waals surface area contributed by atoms with Gasteiger partial charge in [0.25, 0.3) is 0 Å². The molecule has 0 aliphatic carbocycles. The molecule has 0 aliphatic heterocycles. The summed E-state index contributed by atoms with van der Waals surface area (Å²) < 4.78 is 5.78. The molecule has 0 atom stereocenters. The van der Waals surface area contributed by atoms with Crippen molar-refractivity contribution in [3.8, 4) is 0 Å². The number of aromatic nitrogens is 2. The Morgan fingerprint density at radius 2 is 1.65 bits per heavy atom. The van der Waals surface area contributed by atoms with Crippen molar-refractivity contribution >= 4 is 32.7 Å². The zero-order valence-electron chi connectivity index (χ0n) is 8.92. The predicted molar refractivity (Wildman–Crippen MR) is 66.8 cm³/mol. The van der Waals surface area contributed by atoms with Crippen molar-refractivity contribution in [3.63, 3.8) is 0 Å². The summed E-state index contributed by atoms with van der Waals surface area (Å²) in [6.07, 6.45) is 7.19. The highest BCUT2D eigenvalue weighted by Gasteiger charge is 2.07. The molecule has 0 aliphatic rings. The molecule has 3 heteroatoms. The summed E-state index contributed by atoms with van der Waals surface area (Å²) in [5.41, 5.74) is 1.72. The van der Waals surface area contributed by atoms with E-state index >= 15 is 0 Å². The summed E-state index contributed by atoms with van der Waals surface area (Å²) in [6, 6.07) is 8.12. The molecule has 3 aromatic heterocycles. The maximum Gasteiger partial charge on any atom is 0.153 e. The van der Waals surface area contributed by atoms with Crippen molar-refractivity contribution in [2.75, 3.05) is 0 Å². The average Bonchev–Trinajstić information content (AvgIpc) is 2.73. The van der Waals surface area contributed by atoms with E-state index in [4.69, 9.17) is 4.42 Å². The number of hydrogen-bond acceptors (Lipinski definition) is 3. The minimum atomic E-state index is 0.825. The Morgan fingerprint density at radius 3 is 2.65 bits per heavy atom. The van der Waals surface area contributed by atoms with Crippen LogP contribution in [0, 0.1) is 0 Å². The number of pyridine rings is 2. The van der Waals surface area contributed by atoms with Crippen LogP contribution in [0.15, 0.2) is 53.5 Å². The Morgan fingerprint density at radius 1 is 0.765 bits per heavy atom. The van der Waals surface area contributed by atoms with E-state index in [0.29, 0.717) is 0 Å². The Balaban J connectivity index is 2.28. The number of rotatable bonds is 0. The molecule has 0 radical (unpaired) electrons. The first-order valence-corrected chi connectivity index (χ1v) is 5.42. The third kappa shape index (κ3) is 1.16. The standard InChI is InChI=1S/C14H8N2O/c1-3-15-7-10-5-12-11-2-4-16-8-14(11)17-13(12)6-9(1)10/h1-8H. The van der Waals surface area contributed by atoms with Gasteiger partial charge in [-0.05, 0) is 29.7 Å². The van der Waals surface area contributed by atoms with Crippen molar-refractivity contribution in [2.45, 2.75) is 0 Å². The van der Waals surface area contributed by atoms with Gasteiger partial charge in [-0.3, -0.25) is 9.97 Å². The molecule has 1 aromatic carbocycles. The number of nitrogens with zero attached hydrogens (tertiary/aromatic N) is 2. The molecule has 3 heterocycles. The van der Waals surface area contributed by atoms with E-state index in [1.807, 2.05) is 24.4 Å². The Hall–Kier alpha value is -2.42.